The molecular formula is C25H21F9N2O7S. The smallest absolute Gasteiger partial charge is 0.491 e. The van der Waals surface area contributed by atoms with Gasteiger partial charge in [-0.05, 0) is 23.8 Å². The van der Waals surface area contributed by atoms with E-state index in [0.29, 0.717) is 12.2 Å². The van der Waals surface area contributed by atoms with Crippen LogP contribution >= 0.6 is 0 Å². The van der Waals surface area contributed by atoms with Gasteiger partial charge >= 0.3 is 39.8 Å². The number of amides is 2. The molecule has 4 rings (SSSR count). The maximum atomic E-state index is 12.4. The van der Waals surface area contributed by atoms with E-state index in [-0.39, 0.29) is 24.5 Å². The second-order valence-electron chi connectivity index (χ2n) is 9.11. The minimum Gasteiger partial charge on any atom is -0.491 e. The van der Waals surface area contributed by atoms with Crippen LogP contribution in [0.5, 0.6) is 17.2 Å². The summed E-state index contributed by atoms with van der Waals surface area (Å²) in [4.78, 5) is 21.8. The predicted octanol–water partition coefficient (Wildman–Crippen LogP) is 4.21. The van der Waals surface area contributed by atoms with Gasteiger partial charge in [-0.15, -0.1) is 0 Å². The molecule has 0 aromatic heterocycles. The van der Waals surface area contributed by atoms with Crippen LogP contribution < -0.4 is 24.3 Å². The zero-order chi connectivity index (χ0) is 33.1. The van der Waals surface area contributed by atoms with Crippen LogP contribution in [0.2, 0.25) is 0 Å². The van der Waals surface area contributed by atoms with Crippen molar-refractivity contribution >= 4 is 28.0 Å². The van der Waals surface area contributed by atoms with Gasteiger partial charge in [-0.25, -0.2) is 0 Å². The summed E-state index contributed by atoms with van der Waals surface area (Å²) in [5.41, 5.74) is -4.34. The molecule has 2 atom stereocenters. The van der Waals surface area contributed by atoms with E-state index in [1.165, 1.54) is 6.07 Å². The fourth-order valence-corrected chi connectivity index (χ4v) is 4.45. The first-order chi connectivity index (χ1) is 20.2. The van der Waals surface area contributed by atoms with E-state index >= 15 is 0 Å². The molecule has 0 radical (unpaired) electrons. The zero-order valence-electron chi connectivity index (χ0n) is 21.9. The molecule has 2 amide bonds. The SMILES string of the molecule is C=Cc1cccc2c1C[C@@H](NC(=O)C(F)(F)F)CO2.O=C(N[C@H]1COc2cccc(OS(=O)(=O)C(F)(F)F)c2C1)C(F)(F)F. The molecule has 0 spiro atoms. The van der Waals surface area contributed by atoms with E-state index < -0.39 is 64.0 Å². The molecule has 0 bridgehead atoms. The molecule has 2 N–H and O–H groups in total. The van der Waals surface area contributed by atoms with Crippen molar-refractivity contribution in [1.29, 1.82) is 0 Å². The standard InChI is InChI=1S/C13H12F3NO2.C12H9F6NO5S/c1-2-8-4-3-5-11-10(8)6-9(7-19-11)17-12(18)13(14,15)16;13-11(14,15)10(20)19-6-4-7-8(23-5-6)2-1-3-9(7)24-25(21,22)12(16,17)18/h2-5,9H,1,6-7H2,(H,17,18);1-3,6H,4-5H2,(H,19,20)/t9-;6-/m11/s1. The highest BCUT2D eigenvalue weighted by Crippen LogP contribution is 2.36. The van der Waals surface area contributed by atoms with Gasteiger partial charge in [0.25, 0.3) is 0 Å². The number of ether oxygens (including phenoxy) is 2. The highest BCUT2D eigenvalue weighted by Gasteiger charge is 2.49. The number of alkyl halides is 9. The summed E-state index contributed by atoms with van der Waals surface area (Å²) in [5, 5.41) is 3.53. The van der Waals surface area contributed by atoms with Gasteiger partial charge in [0.15, 0.2) is 0 Å². The molecule has 0 fully saturated rings. The van der Waals surface area contributed by atoms with Crippen LogP contribution in [-0.2, 0) is 32.5 Å². The number of halogens is 9. The fraction of sp³-hybridized carbons (Fsp3) is 0.360. The van der Waals surface area contributed by atoms with Gasteiger partial charge in [0, 0.05) is 24.0 Å². The van der Waals surface area contributed by atoms with Gasteiger partial charge in [0.2, 0.25) is 0 Å². The van der Waals surface area contributed by atoms with Crippen LogP contribution in [0.1, 0.15) is 16.7 Å². The molecule has 0 unspecified atom stereocenters. The maximum absolute atomic E-state index is 12.4. The Kier molecular flexibility index (Phi) is 10.0. The minimum atomic E-state index is -5.97. The van der Waals surface area contributed by atoms with Gasteiger partial charge in [0.1, 0.15) is 30.5 Å². The van der Waals surface area contributed by atoms with Crippen LogP contribution in [0.4, 0.5) is 39.5 Å². The maximum Gasteiger partial charge on any atom is 0.534 e. The lowest BCUT2D eigenvalue weighted by atomic mass is 9.97. The molecule has 242 valence electrons. The molecule has 0 saturated carbocycles. The van der Waals surface area contributed by atoms with Crippen LogP contribution in [0.25, 0.3) is 6.08 Å². The lowest BCUT2D eigenvalue weighted by Crippen LogP contribution is -2.48. The normalized spacial score (nSPS) is 18.1. The van der Waals surface area contributed by atoms with Crippen LogP contribution in [0.3, 0.4) is 0 Å². The number of carbonyl (C=O) groups is 2. The number of benzene rings is 2. The van der Waals surface area contributed by atoms with Crippen molar-refractivity contribution < 1.29 is 71.2 Å². The first-order valence-electron chi connectivity index (χ1n) is 12.1. The lowest BCUT2D eigenvalue weighted by molar-refractivity contribution is -0.174. The molecule has 0 saturated heterocycles. The van der Waals surface area contributed by atoms with E-state index in [9.17, 15) is 57.5 Å². The summed E-state index contributed by atoms with van der Waals surface area (Å²) in [7, 11) is -5.97. The Bertz CT molecular complexity index is 1510. The molecule has 2 aromatic carbocycles. The van der Waals surface area contributed by atoms with Crippen molar-refractivity contribution in [3.05, 3.63) is 59.7 Å². The number of fused-ring (bicyclic) bond motifs is 2. The predicted molar refractivity (Wildman–Crippen MR) is 133 cm³/mol. The average molecular weight is 664 g/mol. The summed E-state index contributed by atoms with van der Waals surface area (Å²) >= 11 is 0. The Morgan fingerprint density at radius 1 is 0.795 bits per heavy atom. The summed E-state index contributed by atoms with van der Waals surface area (Å²) in [5.74, 6) is -4.39. The van der Waals surface area contributed by atoms with Gasteiger partial charge in [-0.2, -0.15) is 47.9 Å². The van der Waals surface area contributed by atoms with Crippen molar-refractivity contribution in [2.24, 2.45) is 0 Å². The third kappa shape index (κ3) is 8.48. The third-order valence-corrected chi connectivity index (χ3v) is 6.89. The molecule has 2 aliphatic heterocycles. The molecule has 2 aliphatic rings. The third-order valence-electron chi connectivity index (χ3n) is 5.93. The average Bonchev–Trinajstić information content (AvgIpc) is 2.91. The van der Waals surface area contributed by atoms with E-state index in [1.54, 1.807) is 29.6 Å². The van der Waals surface area contributed by atoms with E-state index in [1.807, 2.05) is 5.32 Å². The molecular weight excluding hydrogens is 643 g/mol. The molecule has 2 heterocycles. The number of carbonyl (C=O) groups excluding carboxylic acids is 2. The van der Waals surface area contributed by atoms with Gasteiger partial charge < -0.3 is 24.3 Å². The minimum absolute atomic E-state index is 0.0232. The van der Waals surface area contributed by atoms with E-state index in [2.05, 4.69) is 10.8 Å². The Balaban J connectivity index is 0.000000249. The Labute approximate surface area is 243 Å². The second kappa shape index (κ2) is 12.8. The zero-order valence-corrected chi connectivity index (χ0v) is 22.7. The molecule has 2 aromatic rings. The van der Waals surface area contributed by atoms with Crippen LogP contribution in [0, 0.1) is 0 Å². The molecule has 44 heavy (non-hydrogen) atoms. The van der Waals surface area contributed by atoms with Crippen LogP contribution in [-0.4, -0.2) is 63.4 Å². The van der Waals surface area contributed by atoms with Crippen molar-refractivity contribution in [2.75, 3.05) is 13.2 Å². The Hall–Kier alpha value is -4.16. The topological polar surface area (TPSA) is 120 Å². The first-order valence-corrected chi connectivity index (χ1v) is 13.5. The monoisotopic (exact) mass is 664 g/mol. The largest absolute Gasteiger partial charge is 0.534 e. The molecule has 19 heteroatoms. The van der Waals surface area contributed by atoms with Crippen molar-refractivity contribution in [1.82, 2.24) is 10.6 Å². The summed E-state index contributed by atoms with van der Waals surface area (Å²) in [6.45, 7) is 3.28. The van der Waals surface area contributed by atoms with Crippen molar-refractivity contribution in [2.45, 2.75) is 42.8 Å². The summed E-state index contributed by atoms with van der Waals surface area (Å²) < 4.78 is 147. The fourth-order valence-electron chi connectivity index (χ4n) is 3.96. The Morgan fingerprint density at radius 2 is 1.25 bits per heavy atom. The molecule has 9 nitrogen and oxygen atoms in total. The number of nitrogens with one attached hydrogen (secondary N) is 2. The quantitative estimate of drug-likeness (QED) is 0.279. The number of hydrogen-bond acceptors (Lipinski definition) is 7. The van der Waals surface area contributed by atoms with Crippen molar-refractivity contribution in [3.8, 4) is 17.2 Å². The Morgan fingerprint density at radius 3 is 1.70 bits per heavy atom. The van der Waals surface area contributed by atoms with E-state index in [4.69, 9.17) is 9.47 Å². The number of hydrogen-bond donors (Lipinski definition) is 2. The summed E-state index contributed by atoms with van der Waals surface area (Å²) in [6.07, 6.45) is -8.55. The highest BCUT2D eigenvalue weighted by molar-refractivity contribution is 7.88. The summed E-state index contributed by atoms with van der Waals surface area (Å²) in [6, 6.07) is 6.69. The second-order valence-corrected chi connectivity index (χ2v) is 10.6. The van der Waals surface area contributed by atoms with Gasteiger partial charge in [0.05, 0.1) is 12.1 Å². The van der Waals surface area contributed by atoms with Crippen LogP contribution in [0.15, 0.2) is 43.0 Å². The molecule has 0 aliphatic carbocycles. The van der Waals surface area contributed by atoms with Crippen molar-refractivity contribution in [3.63, 3.8) is 0 Å². The lowest BCUT2D eigenvalue weighted by Gasteiger charge is -2.27. The van der Waals surface area contributed by atoms with E-state index in [0.717, 1.165) is 23.3 Å². The number of rotatable bonds is 5. The first kappa shape index (κ1) is 34.3. The van der Waals surface area contributed by atoms with Gasteiger partial charge in [-0.3, -0.25) is 9.59 Å². The highest BCUT2D eigenvalue weighted by atomic mass is 32.2. The van der Waals surface area contributed by atoms with Gasteiger partial charge in [-0.1, -0.05) is 30.9 Å².